The van der Waals surface area contributed by atoms with Crippen LogP contribution in [0.3, 0.4) is 0 Å². The maximum atomic E-state index is 12.8. The summed E-state index contributed by atoms with van der Waals surface area (Å²) in [6, 6.07) is 8.20. The van der Waals surface area contributed by atoms with Gasteiger partial charge < -0.3 is 28.4 Å². The van der Waals surface area contributed by atoms with Gasteiger partial charge in [0.1, 0.15) is 11.5 Å². The van der Waals surface area contributed by atoms with Crippen LogP contribution in [0.15, 0.2) is 36.1 Å². The second kappa shape index (κ2) is 9.42. The molecule has 0 N–H and O–H groups in total. The summed E-state index contributed by atoms with van der Waals surface area (Å²) in [7, 11) is 4.54. The van der Waals surface area contributed by atoms with Gasteiger partial charge in [0, 0.05) is 6.07 Å². The van der Waals surface area contributed by atoms with Crippen molar-refractivity contribution in [2.24, 2.45) is 0 Å². The number of Topliss-reactive ketones (excluding diaryl/α,β-unsaturated/α-hetero) is 1. The monoisotopic (exact) mass is 428 g/mol. The van der Waals surface area contributed by atoms with E-state index >= 15 is 0 Å². The fourth-order valence-corrected chi connectivity index (χ4v) is 3.09. The Labute approximate surface area is 180 Å². The summed E-state index contributed by atoms with van der Waals surface area (Å²) in [5, 5.41) is 0. The predicted molar refractivity (Wildman–Crippen MR) is 112 cm³/mol. The molecule has 0 aromatic heterocycles. The SMILES string of the molecule is CCOC(=O)C(C)Oc1ccc2c(c1)OC(=Cc1cc(OC)c(OC)c(OC)c1)C2=O. The summed E-state index contributed by atoms with van der Waals surface area (Å²) in [6.07, 6.45) is 0.804. The van der Waals surface area contributed by atoms with Crippen molar-refractivity contribution in [2.75, 3.05) is 27.9 Å². The van der Waals surface area contributed by atoms with E-state index in [0.29, 0.717) is 39.9 Å². The highest BCUT2D eigenvalue weighted by Gasteiger charge is 2.28. The number of carbonyl (C=O) groups is 2. The highest BCUT2D eigenvalue weighted by molar-refractivity contribution is 6.14. The van der Waals surface area contributed by atoms with Gasteiger partial charge in [-0.05, 0) is 49.8 Å². The Hall–Kier alpha value is -3.68. The van der Waals surface area contributed by atoms with E-state index in [0.717, 1.165) is 0 Å². The molecule has 0 saturated heterocycles. The first-order valence-electron chi connectivity index (χ1n) is 9.63. The molecule has 2 aromatic carbocycles. The van der Waals surface area contributed by atoms with E-state index in [4.69, 9.17) is 28.4 Å². The largest absolute Gasteiger partial charge is 0.493 e. The van der Waals surface area contributed by atoms with Gasteiger partial charge in [0.15, 0.2) is 23.4 Å². The lowest BCUT2D eigenvalue weighted by Gasteiger charge is -2.13. The lowest BCUT2D eigenvalue weighted by atomic mass is 10.1. The Morgan fingerprint density at radius 2 is 1.74 bits per heavy atom. The number of benzene rings is 2. The molecule has 0 spiro atoms. The first-order valence-corrected chi connectivity index (χ1v) is 9.63. The number of ketones is 1. The number of esters is 1. The Balaban J connectivity index is 1.86. The molecule has 2 aromatic rings. The van der Waals surface area contributed by atoms with Crippen molar-refractivity contribution in [3.63, 3.8) is 0 Å². The van der Waals surface area contributed by atoms with Crippen LogP contribution in [0.5, 0.6) is 28.7 Å². The second-order valence-electron chi connectivity index (χ2n) is 6.57. The van der Waals surface area contributed by atoms with Gasteiger partial charge in [-0.15, -0.1) is 0 Å². The van der Waals surface area contributed by atoms with E-state index in [9.17, 15) is 9.59 Å². The number of hydrogen-bond donors (Lipinski definition) is 0. The van der Waals surface area contributed by atoms with Gasteiger partial charge >= 0.3 is 5.97 Å². The van der Waals surface area contributed by atoms with E-state index in [-0.39, 0.29) is 18.1 Å². The van der Waals surface area contributed by atoms with Crippen molar-refractivity contribution in [1.29, 1.82) is 0 Å². The van der Waals surface area contributed by atoms with Crippen molar-refractivity contribution < 1.29 is 38.0 Å². The van der Waals surface area contributed by atoms with Crippen molar-refractivity contribution in [3.05, 3.63) is 47.2 Å². The summed E-state index contributed by atoms with van der Waals surface area (Å²) in [4.78, 5) is 24.5. The molecular formula is C23H24O8. The number of fused-ring (bicyclic) bond motifs is 1. The number of carbonyl (C=O) groups excluding carboxylic acids is 2. The van der Waals surface area contributed by atoms with E-state index in [1.165, 1.54) is 21.3 Å². The van der Waals surface area contributed by atoms with Crippen molar-refractivity contribution in [3.8, 4) is 28.7 Å². The number of allylic oxidation sites excluding steroid dienone is 1. The predicted octanol–water partition coefficient (Wildman–Crippen LogP) is 3.66. The minimum Gasteiger partial charge on any atom is -0.493 e. The minimum absolute atomic E-state index is 0.139. The van der Waals surface area contributed by atoms with Gasteiger partial charge in [-0.1, -0.05) is 0 Å². The van der Waals surface area contributed by atoms with Crippen molar-refractivity contribution in [1.82, 2.24) is 0 Å². The van der Waals surface area contributed by atoms with Gasteiger partial charge in [0.2, 0.25) is 11.5 Å². The smallest absolute Gasteiger partial charge is 0.347 e. The molecule has 0 bridgehead atoms. The van der Waals surface area contributed by atoms with Crippen molar-refractivity contribution in [2.45, 2.75) is 20.0 Å². The van der Waals surface area contributed by atoms with Crippen molar-refractivity contribution >= 4 is 17.8 Å². The maximum Gasteiger partial charge on any atom is 0.347 e. The summed E-state index contributed by atoms with van der Waals surface area (Å²) in [6.45, 7) is 3.58. The number of ether oxygens (including phenoxy) is 6. The van der Waals surface area contributed by atoms with Crippen LogP contribution < -0.4 is 23.7 Å². The normalized spacial score (nSPS) is 14.5. The standard InChI is InChI=1S/C23H24O8/c1-6-29-23(25)13(2)30-15-7-8-16-17(12-15)31-18(21(16)24)9-14-10-19(26-3)22(28-5)20(11-14)27-4/h7-13H,6H2,1-5H3. The molecule has 3 rings (SSSR count). The average molecular weight is 428 g/mol. The molecule has 0 aliphatic carbocycles. The Morgan fingerprint density at radius 1 is 1.06 bits per heavy atom. The van der Waals surface area contributed by atoms with Gasteiger partial charge in [-0.25, -0.2) is 4.79 Å². The molecule has 8 heteroatoms. The van der Waals surface area contributed by atoms with Crippen LogP contribution in [0.25, 0.3) is 6.08 Å². The number of rotatable bonds is 8. The topological polar surface area (TPSA) is 89.5 Å². The summed E-state index contributed by atoms with van der Waals surface area (Å²) in [5.74, 6) is 1.50. The van der Waals surface area contributed by atoms with E-state index < -0.39 is 12.1 Å². The first-order chi connectivity index (χ1) is 14.9. The molecule has 31 heavy (non-hydrogen) atoms. The quantitative estimate of drug-likeness (QED) is 0.465. The molecule has 164 valence electrons. The zero-order chi connectivity index (χ0) is 22.5. The molecule has 1 unspecified atom stereocenters. The minimum atomic E-state index is -0.788. The van der Waals surface area contributed by atoms with Gasteiger partial charge in [0.25, 0.3) is 0 Å². The number of methoxy groups -OCH3 is 3. The Kier molecular flexibility index (Phi) is 6.69. The van der Waals surface area contributed by atoms with Gasteiger partial charge in [-0.2, -0.15) is 0 Å². The van der Waals surface area contributed by atoms with Gasteiger partial charge in [-0.3, -0.25) is 4.79 Å². The number of hydrogen-bond acceptors (Lipinski definition) is 8. The van der Waals surface area contributed by atoms with E-state index in [1.54, 1.807) is 50.3 Å². The highest BCUT2D eigenvalue weighted by atomic mass is 16.6. The molecule has 1 heterocycles. The molecule has 8 nitrogen and oxygen atoms in total. The summed E-state index contributed by atoms with van der Waals surface area (Å²) >= 11 is 0. The third-order valence-electron chi connectivity index (χ3n) is 4.56. The van der Waals surface area contributed by atoms with Crippen LogP contribution in [0, 0.1) is 0 Å². The zero-order valence-corrected chi connectivity index (χ0v) is 18.0. The fourth-order valence-electron chi connectivity index (χ4n) is 3.09. The fraction of sp³-hybridized carbons (Fsp3) is 0.304. The van der Waals surface area contributed by atoms with E-state index in [1.807, 2.05) is 0 Å². The zero-order valence-electron chi connectivity index (χ0n) is 18.0. The Bertz CT molecular complexity index is 999. The molecule has 1 aliphatic heterocycles. The highest BCUT2D eigenvalue weighted by Crippen LogP contribution is 2.40. The molecule has 0 fully saturated rings. The average Bonchev–Trinajstić information content (AvgIpc) is 3.07. The molecule has 1 aliphatic rings. The molecule has 1 atom stereocenters. The van der Waals surface area contributed by atoms with Crippen LogP contribution >= 0.6 is 0 Å². The van der Waals surface area contributed by atoms with Crippen LogP contribution in [-0.2, 0) is 9.53 Å². The summed E-state index contributed by atoms with van der Waals surface area (Å²) < 4.78 is 32.3. The van der Waals surface area contributed by atoms with Crippen LogP contribution in [0.2, 0.25) is 0 Å². The van der Waals surface area contributed by atoms with Crippen LogP contribution in [0.4, 0.5) is 0 Å². The maximum absolute atomic E-state index is 12.8. The third-order valence-corrected chi connectivity index (χ3v) is 4.56. The van der Waals surface area contributed by atoms with Crippen LogP contribution in [-0.4, -0.2) is 45.8 Å². The molecule has 0 amide bonds. The lowest BCUT2D eigenvalue weighted by Crippen LogP contribution is -2.26. The van der Waals surface area contributed by atoms with Gasteiger partial charge in [0.05, 0.1) is 33.5 Å². The summed E-state index contributed by atoms with van der Waals surface area (Å²) in [5.41, 5.74) is 1.04. The molecule has 0 radical (unpaired) electrons. The van der Waals surface area contributed by atoms with E-state index in [2.05, 4.69) is 0 Å². The van der Waals surface area contributed by atoms with Crippen LogP contribution in [0.1, 0.15) is 29.8 Å². The Morgan fingerprint density at radius 3 is 2.32 bits per heavy atom. The third kappa shape index (κ3) is 4.58. The first kappa shape index (κ1) is 22.0. The second-order valence-corrected chi connectivity index (χ2v) is 6.57. The lowest BCUT2D eigenvalue weighted by molar-refractivity contribution is -0.150. The molecular weight excluding hydrogens is 404 g/mol. The molecule has 0 saturated carbocycles.